The normalized spacial score (nSPS) is 13.5. The van der Waals surface area contributed by atoms with Crippen LogP contribution in [0, 0.1) is 12.3 Å². The van der Waals surface area contributed by atoms with Crippen LogP contribution in [0.1, 0.15) is 89.9 Å². The number of aliphatic hydroxyl groups excluding tert-OH is 1. The lowest BCUT2D eigenvalue weighted by molar-refractivity contribution is 0.0558. The van der Waals surface area contributed by atoms with Crippen LogP contribution in [0.25, 0.3) is 0 Å². The molecule has 0 aliphatic carbocycles. The molecule has 0 radical (unpaired) electrons. The molecule has 1 atom stereocenters. The van der Waals surface area contributed by atoms with Gasteiger partial charge in [-0.05, 0) is 61.6 Å². The fourth-order valence-electron chi connectivity index (χ4n) is 3.76. The molecule has 1 N–H and O–H groups in total. The van der Waals surface area contributed by atoms with Crippen molar-refractivity contribution in [2.45, 2.75) is 92.1 Å². The molecule has 0 spiro atoms. The second kappa shape index (κ2) is 9.80. The first kappa shape index (κ1) is 23.5. The maximum Gasteiger partial charge on any atom is 0.204 e. The predicted octanol–water partition coefficient (Wildman–Crippen LogP) is 6.22. The fourth-order valence-corrected chi connectivity index (χ4v) is 3.76. The van der Waals surface area contributed by atoms with Gasteiger partial charge in [0.05, 0.1) is 23.8 Å². The van der Waals surface area contributed by atoms with E-state index in [4.69, 9.17) is 14.1 Å². The van der Waals surface area contributed by atoms with Gasteiger partial charge in [0.1, 0.15) is 12.0 Å². The molecule has 1 aromatic heterocycles. The molecule has 0 fully saturated rings. The minimum absolute atomic E-state index is 0.123. The molecule has 0 saturated carbocycles. The van der Waals surface area contributed by atoms with Crippen LogP contribution in [0.3, 0.4) is 0 Å². The number of ether oxygens (including phenoxy) is 1. The molecule has 2 aromatic rings. The van der Waals surface area contributed by atoms with Gasteiger partial charge in [0.25, 0.3) is 0 Å². The Morgan fingerprint density at radius 3 is 2.38 bits per heavy atom. The molecule has 2 rings (SSSR count). The van der Waals surface area contributed by atoms with E-state index in [9.17, 15) is 5.11 Å². The molecule has 29 heavy (non-hydrogen) atoms. The molecule has 162 valence electrons. The Morgan fingerprint density at radius 2 is 1.83 bits per heavy atom. The van der Waals surface area contributed by atoms with Gasteiger partial charge in [-0.25, -0.2) is 4.98 Å². The maximum absolute atomic E-state index is 10.3. The summed E-state index contributed by atoms with van der Waals surface area (Å²) < 4.78 is 11.8. The Kier molecular flexibility index (Phi) is 7.93. The smallest absolute Gasteiger partial charge is 0.204 e. The number of oxazole rings is 1. The van der Waals surface area contributed by atoms with Crippen molar-refractivity contribution in [2.75, 3.05) is 6.61 Å². The van der Waals surface area contributed by atoms with Crippen molar-refractivity contribution in [2.24, 2.45) is 5.41 Å². The van der Waals surface area contributed by atoms with Crippen LogP contribution < -0.4 is 4.74 Å². The van der Waals surface area contributed by atoms with Crippen LogP contribution in [0.5, 0.6) is 5.75 Å². The number of nitrogens with zero attached hydrogens (tertiary/aromatic N) is 1. The summed E-state index contributed by atoms with van der Waals surface area (Å²) in [5, 5.41) is 10.3. The van der Waals surface area contributed by atoms with E-state index in [1.54, 1.807) is 6.26 Å². The van der Waals surface area contributed by atoms with Gasteiger partial charge in [-0.15, -0.1) is 0 Å². The average Bonchev–Trinajstić information content (AvgIpc) is 3.15. The van der Waals surface area contributed by atoms with E-state index in [2.05, 4.69) is 66.7 Å². The Balaban J connectivity index is 2.27. The fraction of sp³-hybridized carbons (Fsp3) is 0.640. The summed E-state index contributed by atoms with van der Waals surface area (Å²) in [5.74, 6) is 1.71. The van der Waals surface area contributed by atoms with Crippen LogP contribution in [0.4, 0.5) is 0 Å². The van der Waals surface area contributed by atoms with Gasteiger partial charge in [-0.3, -0.25) is 0 Å². The van der Waals surface area contributed by atoms with Crippen molar-refractivity contribution in [1.82, 2.24) is 4.98 Å². The van der Waals surface area contributed by atoms with Crippen LogP contribution in [0.2, 0.25) is 0 Å². The van der Waals surface area contributed by atoms with Crippen molar-refractivity contribution >= 4 is 0 Å². The first-order chi connectivity index (χ1) is 13.7. The van der Waals surface area contributed by atoms with Crippen molar-refractivity contribution in [1.29, 1.82) is 0 Å². The minimum Gasteiger partial charge on any atom is -0.493 e. The van der Waals surface area contributed by atoms with E-state index in [0.29, 0.717) is 12.8 Å². The third-order valence-corrected chi connectivity index (χ3v) is 6.03. The Morgan fingerprint density at radius 1 is 1.14 bits per heavy atom. The first-order valence-electron chi connectivity index (χ1n) is 11.0. The zero-order valence-electron chi connectivity index (χ0n) is 19.3. The van der Waals surface area contributed by atoms with Crippen LogP contribution in [-0.2, 0) is 11.8 Å². The lowest BCUT2D eigenvalue weighted by Gasteiger charge is -2.29. The molecule has 4 heteroatoms. The lowest BCUT2D eigenvalue weighted by atomic mass is 9.75. The molecule has 4 nitrogen and oxygen atoms in total. The number of aliphatic hydroxyl groups is 1. The largest absolute Gasteiger partial charge is 0.493 e. The molecular formula is C25H39NO3. The molecule has 0 bridgehead atoms. The van der Waals surface area contributed by atoms with Crippen molar-refractivity contribution in [3.05, 3.63) is 47.2 Å². The van der Waals surface area contributed by atoms with Crippen molar-refractivity contribution in [3.63, 3.8) is 0 Å². The molecule has 0 amide bonds. The van der Waals surface area contributed by atoms with Crippen molar-refractivity contribution in [3.8, 4) is 5.75 Å². The highest BCUT2D eigenvalue weighted by molar-refractivity contribution is 5.42. The van der Waals surface area contributed by atoms with Crippen LogP contribution >= 0.6 is 0 Å². The third-order valence-electron chi connectivity index (χ3n) is 6.03. The quantitative estimate of drug-likeness (QED) is 0.513. The summed E-state index contributed by atoms with van der Waals surface area (Å²) in [6.45, 7) is 15.5. The zero-order valence-corrected chi connectivity index (χ0v) is 19.3. The monoisotopic (exact) mass is 401 g/mol. The second-order valence-electron chi connectivity index (χ2n) is 9.18. The van der Waals surface area contributed by atoms with E-state index in [1.165, 1.54) is 5.56 Å². The highest BCUT2D eigenvalue weighted by atomic mass is 16.5. The molecule has 1 heterocycles. The predicted molar refractivity (Wildman–Crippen MR) is 119 cm³/mol. The molecule has 0 saturated heterocycles. The van der Waals surface area contributed by atoms with E-state index in [0.717, 1.165) is 48.8 Å². The highest BCUT2D eigenvalue weighted by Crippen LogP contribution is 2.40. The molecule has 0 aliphatic heterocycles. The Labute approximate surface area is 176 Å². The average molecular weight is 402 g/mol. The summed E-state index contributed by atoms with van der Waals surface area (Å²) >= 11 is 0. The summed E-state index contributed by atoms with van der Waals surface area (Å²) in [5.41, 5.74) is 2.89. The lowest BCUT2D eigenvalue weighted by Crippen LogP contribution is -2.27. The van der Waals surface area contributed by atoms with Gasteiger partial charge < -0.3 is 14.3 Å². The van der Waals surface area contributed by atoms with Gasteiger partial charge in [-0.1, -0.05) is 53.7 Å². The van der Waals surface area contributed by atoms with Crippen LogP contribution in [0.15, 0.2) is 28.9 Å². The number of hydrogen-bond acceptors (Lipinski definition) is 4. The number of aromatic nitrogens is 1. The Hall–Kier alpha value is -1.81. The topological polar surface area (TPSA) is 55.5 Å². The Bertz CT molecular complexity index is 769. The van der Waals surface area contributed by atoms with E-state index < -0.39 is 0 Å². The van der Waals surface area contributed by atoms with E-state index in [-0.39, 0.29) is 16.9 Å². The standard InChI is InChI=1S/C25H39NO3/c1-8-15-28-21-13-11-19(16-18(21)4)25(9-2,10-3)23-26-20(17-29-23)12-14-22(27)24(5,6)7/h11,13,16-17,22,27H,8-10,12,14-15H2,1-7H3. The van der Waals surface area contributed by atoms with E-state index >= 15 is 0 Å². The third kappa shape index (κ3) is 5.42. The molecule has 1 unspecified atom stereocenters. The van der Waals surface area contributed by atoms with Crippen molar-refractivity contribution < 1.29 is 14.3 Å². The number of benzene rings is 1. The maximum atomic E-state index is 10.3. The summed E-state index contributed by atoms with van der Waals surface area (Å²) in [4.78, 5) is 4.85. The number of rotatable bonds is 10. The number of aryl methyl sites for hydroxylation is 2. The summed E-state index contributed by atoms with van der Waals surface area (Å²) in [7, 11) is 0. The SMILES string of the molecule is CCCOc1ccc(C(CC)(CC)c2nc(CCC(O)C(C)(C)C)co2)cc1C. The second-order valence-corrected chi connectivity index (χ2v) is 9.18. The summed E-state index contributed by atoms with van der Waals surface area (Å²) in [6.07, 6.45) is 5.61. The van der Waals surface area contributed by atoms with E-state index in [1.807, 2.05) is 0 Å². The number of hydrogen-bond donors (Lipinski definition) is 1. The van der Waals surface area contributed by atoms with Gasteiger partial charge in [0.2, 0.25) is 5.89 Å². The molecule has 0 aliphatic rings. The van der Waals surface area contributed by atoms with Gasteiger partial charge in [-0.2, -0.15) is 0 Å². The van der Waals surface area contributed by atoms with Gasteiger partial charge in [0, 0.05) is 0 Å². The molecular weight excluding hydrogens is 362 g/mol. The molecule has 1 aromatic carbocycles. The van der Waals surface area contributed by atoms with Crippen LogP contribution in [-0.4, -0.2) is 22.8 Å². The first-order valence-corrected chi connectivity index (χ1v) is 11.0. The zero-order chi connectivity index (χ0) is 21.7. The van der Waals surface area contributed by atoms with Gasteiger partial charge in [0.15, 0.2) is 0 Å². The van der Waals surface area contributed by atoms with Gasteiger partial charge >= 0.3 is 0 Å². The summed E-state index contributed by atoms with van der Waals surface area (Å²) in [6, 6.07) is 6.44. The minimum atomic E-state index is -0.358. The highest BCUT2D eigenvalue weighted by Gasteiger charge is 2.36.